The van der Waals surface area contributed by atoms with Crippen LogP contribution in [0.1, 0.15) is 5.69 Å². The van der Waals surface area contributed by atoms with Crippen LogP contribution in [0.5, 0.6) is 0 Å². The lowest BCUT2D eigenvalue weighted by atomic mass is 10.5. The summed E-state index contributed by atoms with van der Waals surface area (Å²) in [5, 5.41) is 12.3. The molecule has 0 saturated heterocycles. The summed E-state index contributed by atoms with van der Waals surface area (Å²) >= 11 is 5.53. The molecule has 11 heavy (non-hydrogen) atoms. The topological polar surface area (TPSA) is 55.1 Å². The number of nitrogens with zero attached hydrogens (tertiary/aromatic N) is 2. The zero-order chi connectivity index (χ0) is 7.72. The second-order valence-electron chi connectivity index (χ2n) is 1.79. The lowest BCUT2D eigenvalue weighted by molar-refractivity contribution is 0.192. The van der Waals surface area contributed by atoms with Crippen molar-refractivity contribution in [2.24, 2.45) is 0 Å². The molecule has 0 radical (unpaired) electrons. The molecule has 0 bridgehead atoms. The Morgan fingerprint density at radius 2 is 2.36 bits per heavy atom. The van der Waals surface area contributed by atoms with Crippen molar-refractivity contribution in [3.63, 3.8) is 0 Å². The maximum atomic E-state index is 10.2. The molecule has 0 spiro atoms. The number of aryl methyl sites for hydroxylation is 1. The van der Waals surface area contributed by atoms with E-state index >= 15 is 0 Å². The first-order valence-electron chi connectivity index (χ1n) is 2.56. The molecule has 1 aromatic rings. The molecule has 6 heteroatoms. The summed E-state index contributed by atoms with van der Waals surface area (Å²) in [7, 11) is 0. The molecule has 0 fully saturated rings. The Labute approximate surface area is 74.2 Å². The van der Waals surface area contributed by atoms with Crippen molar-refractivity contribution in [1.29, 1.82) is 0 Å². The number of hydrogen-bond acceptors (Lipinski definition) is 2. The minimum Gasteiger partial charge on any atom is -0.463 e. The van der Waals surface area contributed by atoms with Crippen molar-refractivity contribution in [3.8, 4) is 0 Å². The van der Waals surface area contributed by atoms with Crippen molar-refractivity contribution in [1.82, 2.24) is 9.78 Å². The number of hydrogen-bond donors (Lipinski definition) is 1. The van der Waals surface area contributed by atoms with Gasteiger partial charge in [-0.1, -0.05) is 11.6 Å². The Balaban J connectivity index is 0.000001000. The highest BCUT2D eigenvalue weighted by atomic mass is 35.5. The molecule has 0 atom stereocenters. The van der Waals surface area contributed by atoms with Gasteiger partial charge in [-0.05, 0) is 6.92 Å². The lowest BCUT2D eigenvalue weighted by Gasteiger charge is -1.86. The number of carbonyl (C=O) groups is 1. The van der Waals surface area contributed by atoms with E-state index in [0.29, 0.717) is 10.7 Å². The zero-order valence-electron chi connectivity index (χ0n) is 5.61. The summed E-state index contributed by atoms with van der Waals surface area (Å²) in [4.78, 5) is 10.2. The molecule has 62 valence electrons. The van der Waals surface area contributed by atoms with Crippen LogP contribution in [0, 0.1) is 6.92 Å². The van der Waals surface area contributed by atoms with E-state index in [1.165, 1.54) is 6.20 Å². The van der Waals surface area contributed by atoms with Crippen LogP contribution in [0.4, 0.5) is 4.79 Å². The first-order valence-corrected chi connectivity index (χ1v) is 2.94. The second-order valence-corrected chi connectivity index (χ2v) is 2.20. The highest BCUT2D eigenvalue weighted by Gasteiger charge is 2.05. The van der Waals surface area contributed by atoms with Gasteiger partial charge in [-0.15, -0.1) is 12.4 Å². The molecule has 0 aliphatic rings. The smallest absolute Gasteiger partial charge is 0.432 e. The van der Waals surface area contributed by atoms with Gasteiger partial charge in [0.2, 0.25) is 0 Å². The van der Waals surface area contributed by atoms with Gasteiger partial charge in [0, 0.05) is 0 Å². The predicted molar refractivity (Wildman–Crippen MR) is 42.6 cm³/mol. The first-order chi connectivity index (χ1) is 4.61. The Hall–Kier alpha value is -0.740. The van der Waals surface area contributed by atoms with E-state index in [2.05, 4.69) is 5.10 Å². The van der Waals surface area contributed by atoms with Gasteiger partial charge in [0.05, 0.1) is 16.9 Å². The van der Waals surface area contributed by atoms with Gasteiger partial charge in [-0.2, -0.15) is 9.78 Å². The van der Waals surface area contributed by atoms with Crippen LogP contribution in [-0.2, 0) is 0 Å². The molecule has 1 rings (SSSR count). The van der Waals surface area contributed by atoms with Crippen molar-refractivity contribution >= 4 is 30.1 Å². The van der Waals surface area contributed by atoms with Gasteiger partial charge >= 0.3 is 6.09 Å². The van der Waals surface area contributed by atoms with E-state index < -0.39 is 6.09 Å². The van der Waals surface area contributed by atoms with E-state index in [1.54, 1.807) is 6.92 Å². The molecule has 0 aliphatic heterocycles. The van der Waals surface area contributed by atoms with Gasteiger partial charge < -0.3 is 5.11 Å². The monoisotopic (exact) mass is 196 g/mol. The number of carboxylic acid groups (broad SMARTS) is 1. The van der Waals surface area contributed by atoms with Crippen LogP contribution in [0.25, 0.3) is 0 Å². The van der Waals surface area contributed by atoms with Crippen LogP contribution in [0.15, 0.2) is 6.20 Å². The van der Waals surface area contributed by atoms with E-state index in [-0.39, 0.29) is 12.4 Å². The lowest BCUT2D eigenvalue weighted by Crippen LogP contribution is -2.07. The Morgan fingerprint density at radius 1 is 1.82 bits per heavy atom. The molecule has 0 unspecified atom stereocenters. The van der Waals surface area contributed by atoms with Gasteiger partial charge in [-0.3, -0.25) is 0 Å². The number of halogens is 2. The van der Waals surface area contributed by atoms with Crippen LogP contribution >= 0.6 is 24.0 Å². The fourth-order valence-electron chi connectivity index (χ4n) is 0.537. The summed E-state index contributed by atoms with van der Waals surface area (Å²) in [5.74, 6) is 0. The van der Waals surface area contributed by atoms with E-state index in [9.17, 15) is 4.79 Å². The predicted octanol–water partition coefficient (Wildman–Crippen LogP) is 1.79. The SMILES string of the molecule is Cc1nn(C(=O)O)cc1Cl.Cl. The van der Waals surface area contributed by atoms with Crippen LogP contribution in [0.3, 0.4) is 0 Å². The third kappa shape index (κ3) is 2.10. The third-order valence-corrected chi connectivity index (χ3v) is 1.41. The average Bonchev–Trinajstić information content (AvgIpc) is 2.13. The zero-order valence-corrected chi connectivity index (χ0v) is 7.19. The summed E-state index contributed by atoms with van der Waals surface area (Å²) in [6, 6.07) is 0. The highest BCUT2D eigenvalue weighted by molar-refractivity contribution is 6.31. The fraction of sp³-hybridized carbons (Fsp3) is 0.200. The quantitative estimate of drug-likeness (QED) is 0.689. The Morgan fingerprint density at radius 3 is 2.55 bits per heavy atom. The molecule has 1 aromatic heterocycles. The summed E-state index contributed by atoms with van der Waals surface area (Å²) < 4.78 is 0.775. The normalized spacial score (nSPS) is 8.91. The minimum absolute atomic E-state index is 0. The maximum Gasteiger partial charge on any atom is 0.432 e. The van der Waals surface area contributed by atoms with Gasteiger partial charge in [0.25, 0.3) is 0 Å². The summed E-state index contributed by atoms with van der Waals surface area (Å²) in [6.07, 6.45) is 0.120. The average molecular weight is 197 g/mol. The number of aromatic nitrogens is 2. The van der Waals surface area contributed by atoms with Crippen molar-refractivity contribution < 1.29 is 9.90 Å². The van der Waals surface area contributed by atoms with E-state index in [0.717, 1.165) is 4.68 Å². The van der Waals surface area contributed by atoms with Crippen LogP contribution in [-0.4, -0.2) is 21.0 Å². The number of rotatable bonds is 0. The highest BCUT2D eigenvalue weighted by Crippen LogP contribution is 2.11. The molecule has 0 saturated carbocycles. The molecule has 0 aromatic carbocycles. The van der Waals surface area contributed by atoms with Gasteiger partial charge in [0.1, 0.15) is 0 Å². The van der Waals surface area contributed by atoms with Crippen LogP contribution < -0.4 is 0 Å². The van der Waals surface area contributed by atoms with Gasteiger partial charge in [-0.25, -0.2) is 4.79 Å². The Kier molecular flexibility index (Phi) is 3.35. The molecule has 1 heterocycles. The molecule has 1 N–H and O–H groups in total. The van der Waals surface area contributed by atoms with Crippen LogP contribution in [0.2, 0.25) is 5.02 Å². The van der Waals surface area contributed by atoms with Crippen molar-refractivity contribution in [2.45, 2.75) is 6.92 Å². The molecule has 0 aliphatic carbocycles. The van der Waals surface area contributed by atoms with Gasteiger partial charge in [0.15, 0.2) is 0 Å². The molecule has 0 amide bonds. The van der Waals surface area contributed by atoms with Crippen molar-refractivity contribution in [3.05, 3.63) is 16.9 Å². The molecular weight excluding hydrogens is 191 g/mol. The van der Waals surface area contributed by atoms with E-state index in [1.807, 2.05) is 0 Å². The van der Waals surface area contributed by atoms with E-state index in [4.69, 9.17) is 16.7 Å². The fourth-order valence-corrected chi connectivity index (χ4v) is 0.667. The largest absolute Gasteiger partial charge is 0.463 e. The molecule has 4 nitrogen and oxygen atoms in total. The van der Waals surface area contributed by atoms with Crippen molar-refractivity contribution in [2.75, 3.05) is 0 Å². The standard InChI is InChI=1S/C5H5ClN2O2.ClH/c1-3-4(6)2-8(7-3)5(9)10;/h2H,1H3,(H,9,10);1H. The first kappa shape index (κ1) is 10.3. The maximum absolute atomic E-state index is 10.2. The second kappa shape index (κ2) is 3.59. The third-order valence-electron chi connectivity index (χ3n) is 1.03. The molecular formula is C5H6Cl2N2O2. The summed E-state index contributed by atoms with van der Waals surface area (Å²) in [5.41, 5.74) is 0.518. The summed E-state index contributed by atoms with van der Waals surface area (Å²) in [6.45, 7) is 1.64. The minimum atomic E-state index is -1.13. The Bertz CT molecular complexity index is 252.